The molecule has 0 radical (unpaired) electrons. The molecule has 1 aromatic heterocycles. The normalized spacial score (nSPS) is 22.9. The Labute approximate surface area is 127 Å². The molecule has 0 spiro atoms. The summed E-state index contributed by atoms with van der Waals surface area (Å²) in [6.07, 6.45) is 4.71. The SMILES string of the molecule is CC(C)NCc1ccc(S(=O)(=O)NC2CCCC2C)nc1. The highest BCUT2D eigenvalue weighted by atomic mass is 32.2. The fraction of sp³-hybridized carbons (Fsp3) is 0.667. The van der Waals surface area contributed by atoms with Gasteiger partial charge in [0.2, 0.25) is 0 Å². The van der Waals surface area contributed by atoms with Crippen molar-refractivity contribution in [3.63, 3.8) is 0 Å². The van der Waals surface area contributed by atoms with Gasteiger partial charge < -0.3 is 5.32 Å². The van der Waals surface area contributed by atoms with Gasteiger partial charge in [-0.15, -0.1) is 0 Å². The molecule has 2 unspecified atom stereocenters. The zero-order valence-electron chi connectivity index (χ0n) is 13.0. The first-order valence-corrected chi connectivity index (χ1v) is 9.07. The Hall–Kier alpha value is -0.980. The van der Waals surface area contributed by atoms with Crippen molar-refractivity contribution < 1.29 is 8.42 Å². The Morgan fingerprint density at radius 3 is 2.62 bits per heavy atom. The van der Waals surface area contributed by atoms with Crippen LogP contribution in [0.1, 0.15) is 45.6 Å². The third-order valence-corrected chi connectivity index (χ3v) is 5.36. The highest BCUT2D eigenvalue weighted by molar-refractivity contribution is 7.89. The summed E-state index contributed by atoms with van der Waals surface area (Å²) in [5.74, 6) is 0.397. The third-order valence-electron chi connectivity index (χ3n) is 3.96. The lowest BCUT2D eigenvalue weighted by Crippen LogP contribution is -2.36. The molecule has 0 aliphatic heterocycles. The van der Waals surface area contributed by atoms with Crippen molar-refractivity contribution in [3.8, 4) is 0 Å². The Kier molecular flexibility index (Phi) is 5.35. The van der Waals surface area contributed by atoms with Crippen LogP contribution < -0.4 is 10.0 Å². The van der Waals surface area contributed by atoms with Crippen LogP contribution in [-0.4, -0.2) is 25.5 Å². The van der Waals surface area contributed by atoms with Crippen LogP contribution in [0.15, 0.2) is 23.4 Å². The number of hydrogen-bond acceptors (Lipinski definition) is 4. The van der Waals surface area contributed by atoms with E-state index in [1.54, 1.807) is 12.3 Å². The fourth-order valence-electron chi connectivity index (χ4n) is 2.58. The quantitative estimate of drug-likeness (QED) is 0.843. The van der Waals surface area contributed by atoms with Crippen molar-refractivity contribution in [2.45, 2.75) is 63.7 Å². The summed E-state index contributed by atoms with van der Waals surface area (Å²) < 4.78 is 27.4. The molecule has 0 saturated heterocycles. The van der Waals surface area contributed by atoms with E-state index < -0.39 is 10.0 Å². The molecule has 1 saturated carbocycles. The summed E-state index contributed by atoms with van der Waals surface area (Å²) in [4.78, 5) is 4.10. The molecule has 0 bridgehead atoms. The Bertz CT molecular complexity index is 555. The van der Waals surface area contributed by atoms with E-state index in [0.717, 1.165) is 24.8 Å². The number of sulfonamides is 1. The lowest BCUT2D eigenvalue weighted by Gasteiger charge is -2.17. The van der Waals surface area contributed by atoms with Crippen molar-refractivity contribution in [1.29, 1.82) is 0 Å². The van der Waals surface area contributed by atoms with Gasteiger partial charge in [0.05, 0.1) is 0 Å². The van der Waals surface area contributed by atoms with Crippen molar-refractivity contribution >= 4 is 10.0 Å². The maximum absolute atomic E-state index is 12.3. The molecule has 1 aliphatic rings. The first kappa shape index (κ1) is 16.4. The smallest absolute Gasteiger partial charge is 0.258 e. The second kappa shape index (κ2) is 6.85. The summed E-state index contributed by atoms with van der Waals surface area (Å²) in [6.45, 7) is 6.92. The molecule has 6 heteroatoms. The number of pyridine rings is 1. The average molecular weight is 311 g/mol. The molecule has 2 N–H and O–H groups in total. The van der Waals surface area contributed by atoms with E-state index >= 15 is 0 Å². The van der Waals surface area contributed by atoms with E-state index in [4.69, 9.17) is 0 Å². The van der Waals surface area contributed by atoms with Crippen molar-refractivity contribution in [2.75, 3.05) is 0 Å². The lowest BCUT2D eigenvalue weighted by molar-refractivity contribution is 0.475. The first-order valence-electron chi connectivity index (χ1n) is 7.59. The Morgan fingerprint density at radius 2 is 2.10 bits per heavy atom. The number of aromatic nitrogens is 1. The standard InChI is InChI=1S/C15H25N3O2S/c1-11(2)16-9-13-7-8-15(17-10-13)21(19,20)18-14-6-4-5-12(14)3/h7-8,10-12,14,16,18H,4-6,9H2,1-3H3. The van der Waals surface area contributed by atoms with E-state index in [2.05, 4.69) is 35.8 Å². The largest absolute Gasteiger partial charge is 0.310 e. The van der Waals surface area contributed by atoms with Crippen LogP contribution in [0, 0.1) is 5.92 Å². The molecule has 118 valence electrons. The van der Waals surface area contributed by atoms with E-state index in [-0.39, 0.29) is 11.1 Å². The maximum Gasteiger partial charge on any atom is 0.258 e. The number of hydrogen-bond donors (Lipinski definition) is 2. The third kappa shape index (κ3) is 4.49. The minimum absolute atomic E-state index is 0.0408. The van der Waals surface area contributed by atoms with Crippen LogP contribution in [0.5, 0.6) is 0 Å². The van der Waals surface area contributed by atoms with Gasteiger partial charge >= 0.3 is 0 Å². The van der Waals surface area contributed by atoms with E-state index in [9.17, 15) is 8.42 Å². The summed E-state index contributed by atoms with van der Waals surface area (Å²) in [5, 5.41) is 3.39. The Morgan fingerprint density at radius 1 is 1.33 bits per heavy atom. The van der Waals surface area contributed by atoms with Gasteiger partial charge in [-0.25, -0.2) is 18.1 Å². The average Bonchev–Trinajstić information content (AvgIpc) is 2.82. The minimum atomic E-state index is -3.51. The monoisotopic (exact) mass is 311 g/mol. The topological polar surface area (TPSA) is 71.1 Å². The molecule has 2 atom stereocenters. The van der Waals surface area contributed by atoms with Crippen LogP contribution in [0.4, 0.5) is 0 Å². The summed E-state index contributed by atoms with van der Waals surface area (Å²) >= 11 is 0. The molecule has 1 heterocycles. The summed E-state index contributed by atoms with van der Waals surface area (Å²) in [7, 11) is -3.51. The second-order valence-corrected chi connectivity index (χ2v) is 7.84. The first-order chi connectivity index (χ1) is 9.88. The summed E-state index contributed by atoms with van der Waals surface area (Å²) in [5.41, 5.74) is 0.983. The second-order valence-electron chi connectivity index (χ2n) is 6.18. The van der Waals surface area contributed by atoms with Crippen LogP contribution in [0.3, 0.4) is 0 Å². The molecular weight excluding hydrogens is 286 g/mol. The van der Waals surface area contributed by atoms with Crippen LogP contribution >= 0.6 is 0 Å². The minimum Gasteiger partial charge on any atom is -0.310 e. The fourth-order valence-corrected chi connectivity index (χ4v) is 3.88. The van der Waals surface area contributed by atoms with Gasteiger partial charge in [-0.2, -0.15) is 0 Å². The van der Waals surface area contributed by atoms with Gasteiger partial charge in [-0.05, 0) is 30.4 Å². The number of nitrogens with one attached hydrogen (secondary N) is 2. The van der Waals surface area contributed by atoms with Crippen LogP contribution in [0.25, 0.3) is 0 Å². The van der Waals surface area contributed by atoms with E-state index in [0.29, 0.717) is 18.5 Å². The van der Waals surface area contributed by atoms with E-state index in [1.165, 1.54) is 0 Å². The van der Waals surface area contributed by atoms with Gasteiger partial charge in [-0.3, -0.25) is 0 Å². The molecule has 2 rings (SSSR count). The molecule has 5 nitrogen and oxygen atoms in total. The molecule has 1 aromatic rings. The predicted molar refractivity (Wildman–Crippen MR) is 83.3 cm³/mol. The van der Waals surface area contributed by atoms with Crippen molar-refractivity contribution in [1.82, 2.24) is 15.0 Å². The Balaban J connectivity index is 2.03. The molecule has 0 aromatic carbocycles. The summed E-state index contributed by atoms with van der Waals surface area (Å²) in [6, 6.07) is 3.83. The molecular formula is C15H25N3O2S. The molecule has 0 amide bonds. The van der Waals surface area contributed by atoms with Gasteiger partial charge in [0.15, 0.2) is 5.03 Å². The number of rotatable bonds is 6. The zero-order valence-corrected chi connectivity index (χ0v) is 13.8. The zero-order chi connectivity index (χ0) is 15.5. The van der Waals surface area contributed by atoms with Gasteiger partial charge in [-0.1, -0.05) is 33.3 Å². The van der Waals surface area contributed by atoms with Gasteiger partial charge in [0.1, 0.15) is 0 Å². The molecule has 21 heavy (non-hydrogen) atoms. The maximum atomic E-state index is 12.3. The highest BCUT2D eigenvalue weighted by Gasteiger charge is 2.28. The number of nitrogens with zero attached hydrogens (tertiary/aromatic N) is 1. The highest BCUT2D eigenvalue weighted by Crippen LogP contribution is 2.26. The van der Waals surface area contributed by atoms with Crippen molar-refractivity contribution in [3.05, 3.63) is 23.9 Å². The van der Waals surface area contributed by atoms with Gasteiger partial charge in [0, 0.05) is 24.8 Å². The predicted octanol–water partition coefficient (Wildman–Crippen LogP) is 2.05. The molecule has 1 fully saturated rings. The van der Waals surface area contributed by atoms with Crippen LogP contribution in [0.2, 0.25) is 0 Å². The lowest BCUT2D eigenvalue weighted by atomic mass is 10.1. The molecule has 1 aliphatic carbocycles. The van der Waals surface area contributed by atoms with E-state index in [1.807, 2.05) is 6.07 Å². The van der Waals surface area contributed by atoms with Crippen molar-refractivity contribution in [2.24, 2.45) is 5.92 Å². The van der Waals surface area contributed by atoms with Gasteiger partial charge in [0.25, 0.3) is 10.0 Å². The van der Waals surface area contributed by atoms with Crippen LogP contribution in [-0.2, 0) is 16.6 Å².